The molecule has 2 nitrogen and oxygen atoms in total. The van der Waals surface area contributed by atoms with Crippen LogP contribution in [0.2, 0.25) is 10.0 Å². The zero-order valence-corrected chi connectivity index (χ0v) is 11.2. The van der Waals surface area contributed by atoms with Gasteiger partial charge in [0.15, 0.2) is 0 Å². The van der Waals surface area contributed by atoms with Crippen LogP contribution in [0, 0.1) is 5.92 Å². The molecule has 1 aromatic rings. The zero-order chi connectivity index (χ0) is 12.1. The lowest BCUT2D eigenvalue weighted by molar-refractivity contribution is 0.254. The summed E-state index contributed by atoms with van der Waals surface area (Å²) in [5, 5.41) is 4.68. The molecule has 1 aliphatic heterocycles. The first-order chi connectivity index (χ1) is 8.25. The predicted octanol–water partition coefficient (Wildman–Crippen LogP) is 3.76. The highest BCUT2D eigenvalue weighted by Crippen LogP contribution is 2.28. The van der Waals surface area contributed by atoms with Crippen molar-refractivity contribution >= 4 is 23.2 Å². The Kier molecular flexibility index (Phi) is 4.96. The van der Waals surface area contributed by atoms with E-state index in [1.165, 1.54) is 12.8 Å². The summed E-state index contributed by atoms with van der Waals surface area (Å²) in [6.45, 7) is 2.95. The molecule has 1 unspecified atom stereocenters. The number of ether oxygens (including phenoxy) is 1. The van der Waals surface area contributed by atoms with E-state index in [-0.39, 0.29) is 0 Å². The summed E-state index contributed by atoms with van der Waals surface area (Å²) in [6, 6.07) is 5.30. The largest absolute Gasteiger partial charge is 0.492 e. The third-order valence-corrected chi connectivity index (χ3v) is 3.62. The van der Waals surface area contributed by atoms with E-state index >= 15 is 0 Å². The number of nitrogens with one attached hydrogen (secondary N) is 1. The minimum absolute atomic E-state index is 0.621. The highest BCUT2D eigenvalue weighted by atomic mass is 35.5. The number of piperidine rings is 1. The molecule has 0 saturated carbocycles. The molecule has 0 amide bonds. The van der Waals surface area contributed by atoms with Crippen molar-refractivity contribution in [3.05, 3.63) is 28.2 Å². The second-order valence-corrected chi connectivity index (χ2v) is 5.27. The van der Waals surface area contributed by atoms with Crippen LogP contribution in [-0.4, -0.2) is 19.7 Å². The SMILES string of the molecule is Clc1ccc(Cl)c(OCCC2CCCNC2)c1. The van der Waals surface area contributed by atoms with Gasteiger partial charge in [-0.1, -0.05) is 23.2 Å². The molecular formula is C13H17Cl2NO. The van der Waals surface area contributed by atoms with Crippen LogP contribution in [0.4, 0.5) is 0 Å². The first-order valence-corrected chi connectivity index (χ1v) is 6.80. The molecule has 1 N–H and O–H groups in total. The van der Waals surface area contributed by atoms with Crippen molar-refractivity contribution in [3.63, 3.8) is 0 Å². The highest BCUT2D eigenvalue weighted by Gasteiger charge is 2.13. The third kappa shape index (κ3) is 4.06. The lowest BCUT2D eigenvalue weighted by Gasteiger charge is -2.22. The minimum atomic E-state index is 0.621. The van der Waals surface area contributed by atoms with Crippen LogP contribution in [0.15, 0.2) is 18.2 Å². The summed E-state index contributed by atoms with van der Waals surface area (Å²) < 4.78 is 5.68. The van der Waals surface area contributed by atoms with Crippen LogP contribution in [0.3, 0.4) is 0 Å². The molecule has 1 aliphatic rings. The molecule has 1 fully saturated rings. The summed E-state index contributed by atoms with van der Waals surface area (Å²) in [5.74, 6) is 1.41. The number of hydrogen-bond acceptors (Lipinski definition) is 2. The molecule has 2 rings (SSSR count). The van der Waals surface area contributed by atoms with Gasteiger partial charge in [0.05, 0.1) is 11.6 Å². The van der Waals surface area contributed by atoms with Crippen molar-refractivity contribution in [3.8, 4) is 5.75 Å². The molecule has 17 heavy (non-hydrogen) atoms. The van der Waals surface area contributed by atoms with E-state index < -0.39 is 0 Å². The lowest BCUT2D eigenvalue weighted by atomic mass is 9.97. The van der Waals surface area contributed by atoms with Gasteiger partial charge in [0.2, 0.25) is 0 Å². The van der Waals surface area contributed by atoms with Gasteiger partial charge in [-0.3, -0.25) is 0 Å². The summed E-state index contributed by atoms with van der Waals surface area (Å²) in [5.41, 5.74) is 0. The van der Waals surface area contributed by atoms with Gasteiger partial charge in [0.25, 0.3) is 0 Å². The van der Waals surface area contributed by atoms with Gasteiger partial charge in [-0.15, -0.1) is 0 Å². The van der Waals surface area contributed by atoms with E-state index in [9.17, 15) is 0 Å². The number of benzene rings is 1. The van der Waals surface area contributed by atoms with E-state index in [2.05, 4.69) is 5.32 Å². The fourth-order valence-corrected chi connectivity index (χ4v) is 2.43. The molecule has 0 spiro atoms. The predicted molar refractivity (Wildman–Crippen MR) is 72.2 cm³/mol. The molecular weight excluding hydrogens is 257 g/mol. The van der Waals surface area contributed by atoms with Crippen molar-refractivity contribution in [1.82, 2.24) is 5.32 Å². The summed E-state index contributed by atoms with van der Waals surface area (Å²) >= 11 is 11.9. The molecule has 0 aliphatic carbocycles. The topological polar surface area (TPSA) is 21.3 Å². The Labute approximate surface area is 112 Å². The van der Waals surface area contributed by atoms with Crippen LogP contribution in [-0.2, 0) is 0 Å². The van der Waals surface area contributed by atoms with Crippen molar-refractivity contribution < 1.29 is 4.74 Å². The van der Waals surface area contributed by atoms with Gasteiger partial charge in [-0.05, 0) is 50.4 Å². The fraction of sp³-hybridized carbons (Fsp3) is 0.538. The second kappa shape index (κ2) is 6.48. The number of halogens is 2. The van der Waals surface area contributed by atoms with E-state index in [1.54, 1.807) is 18.2 Å². The molecule has 1 atom stereocenters. The smallest absolute Gasteiger partial charge is 0.139 e. The maximum absolute atomic E-state index is 6.02. The molecule has 1 saturated heterocycles. The van der Waals surface area contributed by atoms with E-state index in [4.69, 9.17) is 27.9 Å². The lowest BCUT2D eigenvalue weighted by Crippen LogP contribution is -2.30. The van der Waals surface area contributed by atoms with Crippen molar-refractivity contribution in [2.45, 2.75) is 19.3 Å². The average Bonchev–Trinajstić information content (AvgIpc) is 2.35. The van der Waals surface area contributed by atoms with E-state index in [1.807, 2.05) is 0 Å². The van der Waals surface area contributed by atoms with Gasteiger partial charge in [0.1, 0.15) is 5.75 Å². The van der Waals surface area contributed by atoms with Gasteiger partial charge < -0.3 is 10.1 Å². The van der Waals surface area contributed by atoms with Gasteiger partial charge in [-0.25, -0.2) is 0 Å². The number of rotatable bonds is 4. The van der Waals surface area contributed by atoms with E-state index in [0.29, 0.717) is 22.4 Å². The van der Waals surface area contributed by atoms with Crippen molar-refractivity contribution in [1.29, 1.82) is 0 Å². The summed E-state index contributed by atoms with van der Waals surface area (Å²) in [6.07, 6.45) is 3.62. The Balaban J connectivity index is 1.79. The average molecular weight is 274 g/mol. The Morgan fingerprint density at radius 3 is 3.00 bits per heavy atom. The second-order valence-electron chi connectivity index (χ2n) is 4.42. The molecule has 1 heterocycles. The summed E-state index contributed by atoms with van der Waals surface area (Å²) in [7, 11) is 0. The molecule has 4 heteroatoms. The first kappa shape index (κ1) is 13.0. The Hall–Kier alpha value is -0.440. The van der Waals surface area contributed by atoms with Crippen LogP contribution >= 0.6 is 23.2 Å². The van der Waals surface area contributed by atoms with Crippen LogP contribution in [0.5, 0.6) is 5.75 Å². The monoisotopic (exact) mass is 273 g/mol. The molecule has 0 aromatic heterocycles. The normalized spacial score (nSPS) is 20.2. The molecule has 94 valence electrons. The first-order valence-electron chi connectivity index (χ1n) is 6.04. The number of hydrogen-bond donors (Lipinski definition) is 1. The fourth-order valence-electron chi connectivity index (χ4n) is 2.09. The standard InChI is InChI=1S/C13H17Cl2NO/c14-11-3-4-12(15)13(8-11)17-7-5-10-2-1-6-16-9-10/h3-4,8,10,16H,1-2,5-7,9H2. The van der Waals surface area contributed by atoms with Crippen LogP contribution < -0.4 is 10.1 Å². The van der Waals surface area contributed by atoms with Crippen LogP contribution in [0.1, 0.15) is 19.3 Å². The third-order valence-electron chi connectivity index (χ3n) is 3.08. The minimum Gasteiger partial charge on any atom is -0.492 e. The van der Waals surface area contributed by atoms with Crippen molar-refractivity contribution in [2.24, 2.45) is 5.92 Å². The molecule has 0 radical (unpaired) electrons. The highest BCUT2D eigenvalue weighted by molar-refractivity contribution is 6.34. The Bertz CT molecular complexity index is 364. The quantitative estimate of drug-likeness (QED) is 0.902. The van der Waals surface area contributed by atoms with Crippen molar-refractivity contribution in [2.75, 3.05) is 19.7 Å². The molecule has 1 aromatic carbocycles. The van der Waals surface area contributed by atoms with Gasteiger partial charge in [0, 0.05) is 11.1 Å². The maximum Gasteiger partial charge on any atom is 0.139 e. The summed E-state index contributed by atoms with van der Waals surface area (Å²) in [4.78, 5) is 0. The zero-order valence-electron chi connectivity index (χ0n) is 9.72. The Morgan fingerprint density at radius 1 is 1.35 bits per heavy atom. The van der Waals surface area contributed by atoms with Gasteiger partial charge in [-0.2, -0.15) is 0 Å². The molecule has 0 bridgehead atoms. The Morgan fingerprint density at radius 2 is 2.24 bits per heavy atom. The van der Waals surface area contributed by atoms with E-state index in [0.717, 1.165) is 25.4 Å². The maximum atomic E-state index is 6.02. The van der Waals surface area contributed by atoms with Crippen LogP contribution in [0.25, 0.3) is 0 Å². The van der Waals surface area contributed by atoms with Gasteiger partial charge >= 0.3 is 0 Å².